The predicted octanol–water partition coefficient (Wildman–Crippen LogP) is 7.94. The second-order valence-corrected chi connectivity index (χ2v) is 27.8. The lowest BCUT2D eigenvalue weighted by atomic mass is 10.0. The SMILES string of the molecule is Cn1cc(-c2cc(F)c3c(c2)CCC3Oc2nc3c(cc2Cl)nc(O[C@@H]2CO[C@@H]4C(O[Si](C)(C)C(C)(C)C)CO[C@@H]42)n3COCC[Si](C)(C)C)cn1. The largest absolute Gasteiger partial charge is 0.468 e. The summed E-state index contributed by atoms with van der Waals surface area (Å²) in [6.07, 6.45) is 3.23. The average molecular weight is 772 g/mol. The van der Waals surface area contributed by atoms with E-state index >= 15 is 4.39 Å². The second kappa shape index (κ2) is 14.1. The summed E-state index contributed by atoms with van der Waals surface area (Å²) in [5.41, 5.74) is 4.10. The molecule has 1 aliphatic carbocycles. The van der Waals surface area contributed by atoms with Crippen molar-refractivity contribution >= 4 is 39.2 Å². The van der Waals surface area contributed by atoms with Crippen LogP contribution < -0.4 is 9.47 Å². The Kier molecular flexibility index (Phi) is 10.2. The Balaban J connectivity index is 1.14. The number of fused-ring (bicyclic) bond motifs is 3. The molecule has 0 radical (unpaired) electrons. The molecule has 0 N–H and O–H groups in total. The molecule has 4 aromatic rings. The molecule has 7 rings (SSSR count). The van der Waals surface area contributed by atoms with Crippen LogP contribution in [0.1, 0.15) is 44.4 Å². The monoisotopic (exact) mass is 771 g/mol. The Labute approximate surface area is 312 Å². The van der Waals surface area contributed by atoms with Crippen molar-refractivity contribution < 1.29 is 32.5 Å². The van der Waals surface area contributed by atoms with E-state index in [1.807, 2.05) is 19.3 Å². The van der Waals surface area contributed by atoms with E-state index in [1.165, 1.54) is 0 Å². The highest BCUT2D eigenvalue weighted by Gasteiger charge is 2.52. The fourth-order valence-corrected chi connectivity index (χ4v) is 9.06. The van der Waals surface area contributed by atoms with Gasteiger partial charge in [-0.05, 0) is 60.3 Å². The Morgan fingerprint density at radius 3 is 2.40 bits per heavy atom. The zero-order valence-electron chi connectivity index (χ0n) is 31.7. The molecule has 0 amide bonds. The number of nitrogens with zero attached hydrogens (tertiary/aromatic N) is 5. The van der Waals surface area contributed by atoms with Crippen molar-refractivity contribution in [3.8, 4) is 23.0 Å². The van der Waals surface area contributed by atoms with E-state index in [-0.39, 0.29) is 46.8 Å². The smallest absolute Gasteiger partial charge is 0.301 e. The predicted molar refractivity (Wildman–Crippen MR) is 203 cm³/mol. The van der Waals surface area contributed by atoms with E-state index in [4.69, 9.17) is 49.7 Å². The van der Waals surface area contributed by atoms with Crippen LogP contribution in [0.2, 0.25) is 48.8 Å². The maximum atomic E-state index is 15.7. The van der Waals surface area contributed by atoms with E-state index in [1.54, 1.807) is 27.6 Å². The zero-order valence-corrected chi connectivity index (χ0v) is 34.4. The van der Waals surface area contributed by atoms with Crippen molar-refractivity contribution in [1.82, 2.24) is 24.3 Å². The van der Waals surface area contributed by atoms with Gasteiger partial charge in [-0.15, -0.1) is 0 Å². The third-order valence-electron chi connectivity index (χ3n) is 10.8. The number of imidazole rings is 1. The van der Waals surface area contributed by atoms with Crippen LogP contribution in [0.3, 0.4) is 0 Å². The fourth-order valence-electron chi connectivity index (χ4n) is 6.80. The molecule has 2 unspecified atom stereocenters. The summed E-state index contributed by atoms with van der Waals surface area (Å²) in [5, 5.41) is 4.58. The topological polar surface area (TPSA) is 104 Å². The van der Waals surface area contributed by atoms with Crippen molar-refractivity contribution in [3.05, 3.63) is 52.6 Å². The Hall–Kier alpha value is -2.86. The van der Waals surface area contributed by atoms with Gasteiger partial charge < -0.3 is 28.1 Å². The highest BCUT2D eigenvalue weighted by atomic mass is 35.5. The summed E-state index contributed by atoms with van der Waals surface area (Å²) in [4.78, 5) is 9.67. The van der Waals surface area contributed by atoms with Gasteiger partial charge in [0.2, 0.25) is 5.88 Å². The van der Waals surface area contributed by atoms with Gasteiger partial charge in [0.05, 0.1) is 25.5 Å². The number of rotatable bonds is 12. The molecule has 3 aromatic heterocycles. The maximum Gasteiger partial charge on any atom is 0.301 e. The molecular formula is C37H51ClFN5O6Si2. The van der Waals surface area contributed by atoms with Gasteiger partial charge in [-0.3, -0.25) is 9.25 Å². The van der Waals surface area contributed by atoms with Crippen LogP contribution in [0.5, 0.6) is 11.9 Å². The number of aryl methyl sites for hydroxylation is 2. The zero-order chi connectivity index (χ0) is 37.2. The Morgan fingerprint density at radius 2 is 1.71 bits per heavy atom. The van der Waals surface area contributed by atoms with Crippen LogP contribution in [-0.4, -0.2) is 84.9 Å². The van der Waals surface area contributed by atoms with Crippen molar-refractivity contribution in [1.29, 1.82) is 0 Å². The minimum atomic E-state index is -2.04. The van der Waals surface area contributed by atoms with Gasteiger partial charge in [-0.25, -0.2) is 4.39 Å². The third kappa shape index (κ3) is 7.57. The first-order valence-corrected chi connectivity index (χ1v) is 25.2. The molecule has 11 nitrogen and oxygen atoms in total. The summed E-state index contributed by atoms with van der Waals surface area (Å²) < 4.78 is 57.6. The Bertz CT molecular complexity index is 1940. The first kappa shape index (κ1) is 37.5. The molecule has 1 aromatic carbocycles. The molecule has 2 aliphatic heterocycles. The molecule has 0 bridgehead atoms. The van der Waals surface area contributed by atoms with E-state index in [0.717, 1.165) is 22.7 Å². The molecule has 2 saturated heterocycles. The van der Waals surface area contributed by atoms with Crippen LogP contribution in [0, 0.1) is 5.82 Å². The van der Waals surface area contributed by atoms with E-state index in [0.29, 0.717) is 55.4 Å². The lowest BCUT2D eigenvalue weighted by Crippen LogP contribution is -2.47. The van der Waals surface area contributed by atoms with Crippen LogP contribution in [0.4, 0.5) is 4.39 Å². The maximum absolute atomic E-state index is 15.7. The lowest BCUT2D eigenvalue weighted by Gasteiger charge is -2.39. The van der Waals surface area contributed by atoms with E-state index in [2.05, 4.69) is 58.6 Å². The Morgan fingerprint density at radius 1 is 0.981 bits per heavy atom. The summed E-state index contributed by atoms with van der Waals surface area (Å²) in [7, 11) is -1.53. The second-order valence-electron chi connectivity index (χ2n) is 17.0. The van der Waals surface area contributed by atoms with Gasteiger partial charge in [-0.1, -0.05) is 58.1 Å². The molecule has 0 spiro atoms. The van der Waals surface area contributed by atoms with Crippen molar-refractivity contribution in [2.75, 3.05) is 19.8 Å². The molecule has 5 atom stereocenters. The summed E-state index contributed by atoms with van der Waals surface area (Å²) in [6, 6.07) is 6.60. The third-order valence-corrected chi connectivity index (χ3v) is 17.3. The molecule has 15 heteroatoms. The van der Waals surface area contributed by atoms with Gasteiger partial charge in [0.25, 0.3) is 0 Å². The van der Waals surface area contributed by atoms with Gasteiger partial charge in [0.15, 0.2) is 20.1 Å². The number of benzene rings is 1. The van der Waals surface area contributed by atoms with Crippen LogP contribution in [0.25, 0.3) is 22.3 Å². The van der Waals surface area contributed by atoms with Gasteiger partial charge >= 0.3 is 6.01 Å². The lowest BCUT2D eigenvalue weighted by molar-refractivity contribution is 0.00686. The highest BCUT2D eigenvalue weighted by molar-refractivity contribution is 6.76. The molecular weight excluding hydrogens is 721 g/mol. The number of pyridine rings is 1. The van der Waals surface area contributed by atoms with E-state index < -0.39 is 28.6 Å². The van der Waals surface area contributed by atoms with Gasteiger partial charge in [0.1, 0.15) is 41.4 Å². The van der Waals surface area contributed by atoms with Crippen LogP contribution >= 0.6 is 11.6 Å². The van der Waals surface area contributed by atoms with Crippen molar-refractivity contribution in [2.45, 2.75) is 115 Å². The number of aromatic nitrogens is 5. The highest BCUT2D eigenvalue weighted by Crippen LogP contribution is 2.43. The molecule has 0 saturated carbocycles. The number of ether oxygens (including phenoxy) is 5. The van der Waals surface area contributed by atoms with Crippen molar-refractivity contribution in [2.24, 2.45) is 7.05 Å². The van der Waals surface area contributed by atoms with Gasteiger partial charge in [-0.2, -0.15) is 15.1 Å². The molecule has 5 heterocycles. The first-order chi connectivity index (χ1) is 24.5. The fraction of sp³-hybridized carbons (Fsp3) is 0.595. The first-order valence-electron chi connectivity index (χ1n) is 18.2. The summed E-state index contributed by atoms with van der Waals surface area (Å²) in [5.74, 6) is -0.123. The number of halogens is 2. The van der Waals surface area contributed by atoms with Crippen LogP contribution in [-0.2, 0) is 38.8 Å². The minimum absolute atomic E-state index is 0.0654. The summed E-state index contributed by atoms with van der Waals surface area (Å²) in [6.45, 7) is 19.7. The normalized spacial score (nSPS) is 23.4. The minimum Gasteiger partial charge on any atom is -0.468 e. The quantitative estimate of drug-likeness (QED) is 0.105. The average Bonchev–Trinajstić information content (AvgIpc) is 3.87. The molecule has 2 fully saturated rings. The molecule has 282 valence electrons. The molecule has 52 heavy (non-hydrogen) atoms. The molecule has 3 aliphatic rings. The number of hydrogen-bond acceptors (Lipinski definition) is 9. The summed E-state index contributed by atoms with van der Waals surface area (Å²) >= 11 is 6.78. The van der Waals surface area contributed by atoms with Crippen molar-refractivity contribution in [3.63, 3.8) is 0 Å². The number of hydrogen-bond donors (Lipinski definition) is 0. The van der Waals surface area contributed by atoms with E-state index in [9.17, 15) is 0 Å². The standard InChI is InChI=1S/C37H51ClFN5O6Si2/c1-37(2,3)52(8,9)50-30-20-47-32-29(19-46-33(30)32)49-36-41-27-16-25(38)35(42-34(27)44(36)21-45-12-13-51(5,6)7)48-28-11-10-22-14-23(15-26(39)31(22)28)24-17-40-43(4)18-24/h14-18,28-30,32-33H,10-13,19-21H2,1-9H3/t28?,29-,30?,32-,33-/m1/s1. The van der Waals surface area contributed by atoms with Crippen LogP contribution in [0.15, 0.2) is 30.6 Å². The van der Waals surface area contributed by atoms with Gasteiger partial charge in [0, 0.05) is 39.1 Å².